The van der Waals surface area contributed by atoms with Crippen LogP contribution in [-0.4, -0.2) is 27.1 Å². The zero-order valence-corrected chi connectivity index (χ0v) is 21.8. The number of hydrogen-bond donors (Lipinski definition) is 0. The first-order valence-corrected chi connectivity index (χ1v) is 14.4. The first-order valence-electron chi connectivity index (χ1n) is 13.5. The second kappa shape index (κ2) is 15.4. The van der Waals surface area contributed by atoms with E-state index in [-0.39, 0.29) is 0 Å². The van der Waals surface area contributed by atoms with Crippen LogP contribution in [0.1, 0.15) is 103 Å². The molecule has 2 atom stereocenters. The highest BCUT2D eigenvalue weighted by Gasteiger charge is 2.24. The van der Waals surface area contributed by atoms with Crippen molar-refractivity contribution >= 4 is 11.8 Å². The quantitative estimate of drug-likeness (QED) is 0.231. The van der Waals surface area contributed by atoms with E-state index in [0.717, 1.165) is 35.4 Å². The Labute approximate surface area is 206 Å². The zero-order valence-electron chi connectivity index (χ0n) is 20.9. The first-order chi connectivity index (χ1) is 16.3. The molecular weight excluding hydrogens is 424 g/mol. The van der Waals surface area contributed by atoms with Crippen molar-refractivity contribution < 1.29 is 4.74 Å². The average Bonchev–Trinajstić information content (AvgIpc) is 3.30. The number of ether oxygens (including phenoxy) is 1. The molecule has 0 amide bonds. The molecule has 4 heteroatoms. The third-order valence-electron chi connectivity index (χ3n) is 6.63. The van der Waals surface area contributed by atoms with Gasteiger partial charge in [0.1, 0.15) is 12.4 Å². The van der Waals surface area contributed by atoms with E-state index in [1.54, 1.807) is 0 Å². The van der Waals surface area contributed by atoms with Crippen molar-refractivity contribution in [3.8, 4) is 17.1 Å². The fraction of sp³-hybridized carbons (Fsp3) is 0.655. The van der Waals surface area contributed by atoms with Crippen molar-refractivity contribution in [1.82, 2.24) is 9.97 Å². The molecule has 0 spiro atoms. The summed E-state index contributed by atoms with van der Waals surface area (Å²) < 4.78 is 6.06. The van der Waals surface area contributed by atoms with E-state index < -0.39 is 0 Å². The van der Waals surface area contributed by atoms with E-state index in [4.69, 9.17) is 4.74 Å². The lowest BCUT2D eigenvalue weighted by Gasteiger charge is -2.13. The van der Waals surface area contributed by atoms with Crippen LogP contribution in [0.25, 0.3) is 11.4 Å². The zero-order chi connectivity index (χ0) is 23.1. The summed E-state index contributed by atoms with van der Waals surface area (Å²) in [4.78, 5) is 9.23. The molecule has 0 aliphatic carbocycles. The van der Waals surface area contributed by atoms with Crippen molar-refractivity contribution in [2.45, 2.75) is 114 Å². The van der Waals surface area contributed by atoms with Gasteiger partial charge in [0.2, 0.25) is 0 Å². The minimum Gasteiger partial charge on any atom is -0.492 e. The maximum Gasteiger partial charge on any atom is 0.159 e. The molecule has 2 unspecified atom stereocenters. The molecule has 1 aromatic carbocycles. The van der Waals surface area contributed by atoms with Crippen LogP contribution < -0.4 is 4.74 Å². The molecule has 0 bridgehead atoms. The van der Waals surface area contributed by atoms with Crippen LogP contribution in [-0.2, 0) is 6.42 Å². The Kier molecular flexibility index (Phi) is 12.1. The van der Waals surface area contributed by atoms with Crippen LogP contribution in [0.4, 0.5) is 0 Å². The van der Waals surface area contributed by atoms with Gasteiger partial charge in [0.05, 0.1) is 0 Å². The highest BCUT2D eigenvalue weighted by atomic mass is 32.2. The molecule has 1 aromatic heterocycles. The maximum atomic E-state index is 6.06. The Morgan fingerprint density at radius 1 is 0.788 bits per heavy atom. The molecule has 0 saturated carbocycles. The summed E-state index contributed by atoms with van der Waals surface area (Å²) in [6, 6.07) is 8.26. The maximum absolute atomic E-state index is 6.06. The standard InChI is InChI=1S/C29H44N2OS/c1-3-5-6-7-8-9-10-11-12-14-24-21-30-29(31-22-24)25-15-17-26(18-16-25)32-23-28-20-19-27(33-28)13-4-2/h15-18,21-22,27-28H,3-14,19-20,23H2,1-2H3. The Morgan fingerprint density at radius 3 is 2.09 bits per heavy atom. The molecule has 1 fully saturated rings. The van der Waals surface area contributed by atoms with Crippen molar-refractivity contribution in [3.05, 3.63) is 42.2 Å². The number of benzene rings is 1. The lowest BCUT2D eigenvalue weighted by Crippen LogP contribution is -2.11. The Morgan fingerprint density at radius 2 is 1.42 bits per heavy atom. The Balaban J connectivity index is 1.33. The van der Waals surface area contributed by atoms with E-state index in [2.05, 4.69) is 59.8 Å². The summed E-state index contributed by atoms with van der Waals surface area (Å²) in [6.45, 7) is 5.37. The van der Waals surface area contributed by atoms with Crippen LogP contribution in [0, 0.1) is 0 Å². The molecule has 2 heterocycles. The molecule has 0 N–H and O–H groups in total. The van der Waals surface area contributed by atoms with E-state index in [1.165, 1.54) is 89.0 Å². The van der Waals surface area contributed by atoms with Gasteiger partial charge < -0.3 is 4.74 Å². The SMILES string of the molecule is CCCCCCCCCCCc1cnc(-c2ccc(OCC3CCC(CCC)S3)cc2)nc1. The van der Waals surface area contributed by atoms with Crippen LogP contribution in [0.15, 0.2) is 36.7 Å². The molecule has 3 nitrogen and oxygen atoms in total. The predicted octanol–water partition coefficient (Wildman–Crippen LogP) is 8.66. The van der Waals surface area contributed by atoms with Crippen molar-refractivity contribution in [1.29, 1.82) is 0 Å². The van der Waals surface area contributed by atoms with Gasteiger partial charge >= 0.3 is 0 Å². The van der Waals surface area contributed by atoms with Gasteiger partial charge in [-0.2, -0.15) is 11.8 Å². The van der Waals surface area contributed by atoms with Crippen LogP contribution in [0.3, 0.4) is 0 Å². The molecule has 1 aliphatic heterocycles. The minimum absolute atomic E-state index is 0.642. The van der Waals surface area contributed by atoms with E-state index in [0.29, 0.717) is 5.25 Å². The number of unbranched alkanes of at least 4 members (excludes halogenated alkanes) is 8. The topological polar surface area (TPSA) is 35.0 Å². The fourth-order valence-corrected chi connectivity index (χ4v) is 6.21. The molecule has 2 aromatic rings. The lowest BCUT2D eigenvalue weighted by atomic mass is 10.1. The number of nitrogens with zero attached hydrogens (tertiary/aromatic N) is 2. The molecule has 1 saturated heterocycles. The highest BCUT2D eigenvalue weighted by molar-refractivity contribution is 8.00. The van der Waals surface area contributed by atoms with Gasteiger partial charge in [-0.15, -0.1) is 0 Å². The summed E-state index contributed by atoms with van der Waals surface area (Å²) in [5.41, 5.74) is 2.30. The van der Waals surface area contributed by atoms with Gasteiger partial charge in [0.25, 0.3) is 0 Å². The van der Waals surface area contributed by atoms with E-state index in [9.17, 15) is 0 Å². The fourth-order valence-electron chi connectivity index (χ4n) is 4.60. The molecule has 0 radical (unpaired) electrons. The van der Waals surface area contributed by atoms with Crippen molar-refractivity contribution in [2.24, 2.45) is 0 Å². The normalized spacial score (nSPS) is 18.0. The van der Waals surface area contributed by atoms with Gasteiger partial charge in [0, 0.05) is 28.5 Å². The molecular formula is C29H44N2OS. The van der Waals surface area contributed by atoms with Crippen LogP contribution in [0.5, 0.6) is 5.75 Å². The first kappa shape index (κ1) is 26.1. The monoisotopic (exact) mass is 468 g/mol. The number of aryl methyl sites for hydroxylation is 1. The lowest BCUT2D eigenvalue weighted by molar-refractivity contribution is 0.314. The van der Waals surface area contributed by atoms with Crippen molar-refractivity contribution in [2.75, 3.05) is 6.61 Å². The highest BCUT2D eigenvalue weighted by Crippen LogP contribution is 2.36. The third kappa shape index (κ3) is 9.68. The van der Waals surface area contributed by atoms with Gasteiger partial charge in [-0.3, -0.25) is 0 Å². The Bertz CT molecular complexity index is 762. The summed E-state index contributed by atoms with van der Waals surface area (Å²) in [7, 11) is 0. The number of thioether (sulfide) groups is 1. The second-order valence-corrected chi connectivity index (χ2v) is 11.2. The third-order valence-corrected chi connectivity index (χ3v) is 8.24. The number of hydrogen-bond acceptors (Lipinski definition) is 4. The summed E-state index contributed by atoms with van der Waals surface area (Å²) >= 11 is 2.12. The van der Waals surface area contributed by atoms with Crippen LogP contribution in [0.2, 0.25) is 0 Å². The molecule has 182 valence electrons. The van der Waals surface area contributed by atoms with Gasteiger partial charge in [0.15, 0.2) is 5.82 Å². The summed E-state index contributed by atoms with van der Waals surface area (Å²) in [6.07, 6.45) is 22.6. The Hall–Kier alpha value is -1.55. The largest absolute Gasteiger partial charge is 0.492 e. The van der Waals surface area contributed by atoms with Gasteiger partial charge in [-0.1, -0.05) is 71.6 Å². The van der Waals surface area contributed by atoms with E-state index in [1.807, 2.05) is 12.4 Å². The van der Waals surface area contributed by atoms with E-state index >= 15 is 0 Å². The predicted molar refractivity (Wildman–Crippen MR) is 143 cm³/mol. The molecule has 3 rings (SSSR count). The summed E-state index contributed by atoms with van der Waals surface area (Å²) in [5, 5.41) is 1.48. The van der Waals surface area contributed by atoms with Gasteiger partial charge in [-0.25, -0.2) is 9.97 Å². The second-order valence-electron chi connectivity index (χ2n) is 9.57. The van der Waals surface area contributed by atoms with Gasteiger partial charge in [-0.05, 0) is 61.9 Å². The summed E-state index contributed by atoms with van der Waals surface area (Å²) in [5.74, 6) is 1.74. The molecule has 1 aliphatic rings. The number of aromatic nitrogens is 2. The van der Waals surface area contributed by atoms with Crippen LogP contribution >= 0.6 is 11.8 Å². The molecule has 33 heavy (non-hydrogen) atoms. The minimum atomic E-state index is 0.642. The average molecular weight is 469 g/mol. The van der Waals surface area contributed by atoms with Crippen molar-refractivity contribution in [3.63, 3.8) is 0 Å². The smallest absolute Gasteiger partial charge is 0.159 e. The number of rotatable bonds is 16.